The fourth-order valence-corrected chi connectivity index (χ4v) is 6.04. The zero-order valence-corrected chi connectivity index (χ0v) is 27.1. The van der Waals surface area contributed by atoms with E-state index < -0.39 is 60.7 Å². The molecule has 0 amide bonds. The van der Waals surface area contributed by atoms with Crippen molar-refractivity contribution < 1.29 is 28.8 Å². The second kappa shape index (κ2) is 11.9. The first kappa shape index (κ1) is 30.7. The second-order valence-corrected chi connectivity index (χ2v) is 12.6. The van der Waals surface area contributed by atoms with Gasteiger partial charge in [0.05, 0.1) is 24.6 Å². The topological polar surface area (TPSA) is 144 Å². The molecule has 6 rings (SSSR count). The number of aromatic nitrogens is 4. The maximum atomic E-state index is 14.2. The molecule has 2 aromatic carbocycles. The van der Waals surface area contributed by atoms with Gasteiger partial charge in [0, 0.05) is 20.1 Å². The van der Waals surface area contributed by atoms with Crippen LogP contribution < -0.4 is 11.2 Å². The van der Waals surface area contributed by atoms with Crippen LogP contribution in [0.2, 0.25) is 0 Å². The molecule has 14 heteroatoms. The van der Waals surface area contributed by atoms with E-state index in [0.29, 0.717) is 22.5 Å². The SMILES string of the molecule is CCOC(=O)Cn1c(=O)c2nc(-c3ccc(Br)cc3)c(-c3ccc(Br)cc3)nc2n([C@@H]2O[C@H](CO)[C@H]3OC(C)(C)O[C@H]32)c1=O. The normalized spacial score (nSPS) is 22.3. The van der Waals surface area contributed by atoms with Crippen molar-refractivity contribution in [1.29, 1.82) is 0 Å². The van der Waals surface area contributed by atoms with Crippen LogP contribution in [0.3, 0.4) is 0 Å². The third-order valence-electron chi connectivity index (χ3n) is 7.38. The van der Waals surface area contributed by atoms with Gasteiger partial charge in [0.1, 0.15) is 24.9 Å². The highest BCUT2D eigenvalue weighted by molar-refractivity contribution is 9.10. The van der Waals surface area contributed by atoms with E-state index >= 15 is 0 Å². The minimum absolute atomic E-state index is 0.0629. The Morgan fingerprint density at radius 3 is 2.09 bits per heavy atom. The number of halogens is 2. The van der Waals surface area contributed by atoms with Gasteiger partial charge in [-0.25, -0.2) is 23.9 Å². The predicted octanol–water partition coefficient (Wildman–Crippen LogP) is 3.79. The molecular weight excluding hydrogens is 704 g/mol. The Bertz CT molecular complexity index is 1860. The first-order valence-corrected chi connectivity index (χ1v) is 15.5. The summed E-state index contributed by atoms with van der Waals surface area (Å²) >= 11 is 6.91. The minimum Gasteiger partial charge on any atom is -0.465 e. The number of fused-ring (bicyclic) bond motifs is 2. The van der Waals surface area contributed by atoms with Gasteiger partial charge in [-0.1, -0.05) is 56.1 Å². The van der Waals surface area contributed by atoms with Crippen molar-refractivity contribution in [2.24, 2.45) is 0 Å². The summed E-state index contributed by atoms with van der Waals surface area (Å²) in [6, 6.07) is 14.7. The molecule has 4 aromatic rings. The summed E-state index contributed by atoms with van der Waals surface area (Å²) in [5.74, 6) is -1.81. The van der Waals surface area contributed by atoms with Gasteiger partial charge in [0.2, 0.25) is 0 Å². The van der Waals surface area contributed by atoms with Crippen LogP contribution in [-0.2, 0) is 30.3 Å². The third-order valence-corrected chi connectivity index (χ3v) is 8.44. The minimum atomic E-state index is -1.17. The lowest BCUT2D eigenvalue weighted by molar-refractivity contribution is -0.200. The van der Waals surface area contributed by atoms with Gasteiger partial charge >= 0.3 is 11.7 Å². The van der Waals surface area contributed by atoms with Gasteiger partial charge < -0.3 is 24.1 Å². The van der Waals surface area contributed by atoms with Crippen molar-refractivity contribution >= 4 is 49.0 Å². The molecule has 0 bridgehead atoms. The van der Waals surface area contributed by atoms with Crippen LogP contribution in [0.1, 0.15) is 27.0 Å². The number of nitrogens with zero attached hydrogens (tertiary/aromatic N) is 4. The molecule has 0 spiro atoms. The van der Waals surface area contributed by atoms with E-state index in [-0.39, 0.29) is 17.8 Å². The molecule has 1 N–H and O–H groups in total. The van der Waals surface area contributed by atoms with Gasteiger partial charge in [-0.3, -0.25) is 9.59 Å². The average molecular weight is 732 g/mol. The average Bonchev–Trinajstić information content (AvgIpc) is 3.48. The summed E-state index contributed by atoms with van der Waals surface area (Å²) in [6.07, 6.45) is -3.57. The Hall–Kier alpha value is -3.27. The summed E-state index contributed by atoms with van der Waals surface area (Å²) in [5, 5.41) is 10.1. The van der Waals surface area contributed by atoms with Crippen LogP contribution in [0.5, 0.6) is 0 Å². The molecule has 2 aliphatic rings. The van der Waals surface area contributed by atoms with E-state index in [9.17, 15) is 19.5 Å². The number of ether oxygens (including phenoxy) is 4. The lowest BCUT2D eigenvalue weighted by Crippen LogP contribution is -2.46. The Kier molecular flexibility index (Phi) is 8.32. The van der Waals surface area contributed by atoms with Gasteiger partial charge in [-0.2, -0.15) is 0 Å². The quantitative estimate of drug-likeness (QED) is 0.279. The summed E-state index contributed by atoms with van der Waals surface area (Å²) in [4.78, 5) is 50.3. The lowest BCUT2D eigenvalue weighted by Gasteiger charge is -2.25. The number of rotatable bonds is 7. The molecule has 2 aromatic heterocycles. The summed E-state index contributed by atoms with van der Waals surface area (Å²) in [5.41, 5.74) is 0.195. The van der Waals surface area contributed by atoms with Crippen LogP contribution in [-0.4, -0.2) is 67.5 Å². The number of aliphatic hydroxyl groups is 1. The molecule has 0 aliphatic carbocycles. The number of esters is 1. The Morgan fingerprint density at radius 2 is 1.52 bits per heavy atom. The van der Waals surface area contributed by atoms with Crippen molar-refractivity contribution in [2.45, 2.75) is 57.6 Å². The highest BCUT2D eigenvalue weighted by Gasteiger charge is 2.56. The predicted molar refractivity (Wildman–Crippen MR) is 166 cm³/mol. The maximum absolute atomic E-state index is 14.2. The van der Waals surface area contributed by atoms with Gasteiger partial charge in [-0.05, 0) is 45.0 Å². The van der Waals surface area contributed by atoms with Gasteiger partial charge in [0.15, 0.2) is 23.2 Å². The maximum Gasteiger partial charge on any atom is 0.335 e. The molecule has 12 nitrogen and oxygen atoms in total. The first-order chi connectivity index (χ1) is 21.0. The fraction of sp³-hybridized carbons (Fsp3) is 0.367. The Morgan fingerprint density at radius 1 is 0.955 bits per heavy atom. The molecule has 2 saturated heterocycles. The van der Waals surface area contributed by atoms with Crippen molar-refractivity contribution in [2.75, 3.05) is 13.2 Å². The third kappa shape index (κ3) is 5.54. The van der Waals surface area contributed by atoms with Crippen molar-refractivity contribution in [3.05, 3.63) is 78.3 Å². The molecule has 2 fully saturated rings. The van der Waals surface area contributed by atoms with E-state index in [1.54, 1.807) is 20.8 Å². The monoisotopic (exact) mass is 730 g/mol. The van der Waals surface area contributed by atoms with Crippen LogP contribution in [0.15, 0.2) is 67.1 Å². The molecule has 0 unspecified atom stereocenters. The Balaban J connectivity index is 1.67. The zero-order valence-electron chi connectivity index (χ0n) is 23.9. The molecule has 4 heterocycles. The molecule has 0 saturated carbocycles. The number of hydrogen-bond acceptors (Lipinski definition) is 10. The number of aliphatic hydroxyl groups excluding tert-OH is 1. The van der Waals surface area contributed by atoms with E-state index in [4.69, 9.17) is 28.9 Å². The van der Waals surface area contributed by atoms with Crippen molar-refractivity contribution in [3.63, 3.8) is 0 Å². The summed E-state index contributed by atoms with van der Waals surface area (Å²) in [7, 11) is 0. The van der Waals surface area contributed by atoms with E-state index in [0.717, 1.165) is 18.1 Å². The molecule has 0 radical (unpaired) electrons. The number of carbonyl (C=O) groups excluding carboxylic acids is 1. The molecule has 230 valence electrons. The van der Waals surface area contributed by atoms with Gasteiger partial charge in [-0.15, -0.1) is 0 Å². The van der Waals surface area contributed by atoms with E-state index in [1.807, 2.05) is 48.5 Å². The second-order valence-electron chi connectivity index (χ2n) is 10.8. The first-order valence-electron chi connectivity index (χ1n) is 13.9. The number of benzene rings is 2. The number of carbonyl (C=O) groups is 1. The van der Waals surface area contributed by atoms with Crippen LogP contribution >= 0.6 is 31.9 Å². The zero-order chi connectivity index (χ0) is 31.3. The van der Waals surface area contributed by atoms with Gasteiger partial charge in [0.25, 0.3) is 5.56 Å². The highest BCUT2D eigenvalue weighted by atomic mass is 79.9. The smallest absolute Gasteiger partial charge is 0.335 e. The van der Waals surface area contributed by atoms with E-state index in [2.05, 4.69) is 31.9 Å². The Labute approximate surface area is 267 Å². The largest absolute Gasteiger partial charge is 0.465 e. The summed E-state index contributed by atoms with van der Waals surface area (Å²) < 4.78 is 27.0. The van der Waals surface area contributed by atoms with Crippen LogP contribution in [0.25, 0.3) is 33.7 Å². The number of hydrogen-bond donors (Lipinski definition) is 1. The highest BCUT2D eigenvalue weighted by Crippen LogP contribution is 2.43. The van der Waals surface area contributed by atoms with Crippen LogP contribution in [0.4, 0.5) is 0 Å². The van der Waals surface area contributed by atoms with Crippen molar-refractivity contribution in [1.82, 2.24) is 19.1 Å². The fourth-order valence-electron chi connectivity index (χ4n) is 5.51. The van der Waals surface area contributed by atoms with Crippen molar-refractivity contribution in [3.8, 4) is 22.5 Å². The molecule has 44 heavy (non-hydrogen) atoms. The summed E-state index contributed by atoms with van der Waals surface area (Å²) in [6.45, 7) is 4.06. The van der Waals surface area contributed by atoms with E-state index in [1.165, 1.54) is 0 Å². The molecule has 2 aliphatic heterocycles. The molecular formula is C30H28Br2N4O8. The standard InChI is InChI=1S/C30H28Br2N4O8/c1-4-41-20(38)13-35-27(39)23-26(36(29(35)40)28-25-24(19(14-37)42-28)43-30(2,3)44-25)34-22(16-7-11-18(32)12-8-16)21(33-23)15-5-9-17(31)10-6-15/h5-12,19,24-25,28,37H,4,13-14H2,1-3H3/t19-,24-,25-,28-/m1/s1. The lowest BCUT2D eigenvalue weighted by atomic mass is 10.0. The molecule has 4 atom stereocenters. The van der Waals surface area contributed by atoms with Crippen LogP contribution in [0, 0.1) is 0 Å².